The highest BCUT2D eigenvalue weighted by atomic mass is 35.5. The smallest absolute Gasteiger partial charge is 0.323 e. The third kappa shape index (κ3) is 4.94. The minimum atomic E-state index is -1.26. The van der Waals surface area contributed by atoms with Gasteiger partial charge in [0, 0.05) is 22.3 Å². The molecule has 1 aromatic heterocycles. The van der Waals surface area contributed by atoms with Crippen molar-refractivity contribution in [1.82, 2.24) is 14.7 Å². The SMILES string of the molecule is CCOc1ccc(-c2nn(-c3ccc(Cl)cc3)cc2/C=C2\SC(=O)N(CC(=O)O)C2=O)cc1. The summed E-state index contributed by atoms with van der Waals surface area (Å²) in [6, 6.07) is 14.5. The zero-order chi connectivity index (χ0) is 23.5. The maximum Gasteiger partial charge on any atom is 0.323 e. The molecule has 1 N–H and O–H groups in total. The topological polar surface area (TPSA) is 102 Å². The van der Waals surface area contributed by atoms with Crippen LogP contribution in [0.15, 0.2) is 59.6 Å². The van der Waals surface area contributed by atoms with Gasteiger partial charge >= 0.3 is 5.97 Å². The number of rotatable bonds is 7. The van der Waals surface area contributed by atoms with Crippen LogP contribution in [-0.4, -0.2) is 50.1 Å². The number of benzene rings is 2. The summed E-state index contributed by atoms with van der Waals surface area (Å²) in [7, 11) is 0. The number of carboxylic acids is 1. The number of aromatic nitrogens is 2. The van der Waals surface area contributed by atoms with Gasteiger partial charge in [-0.2, -0.15) is 5.10 Å². The van der Waals surface area contributed by atoms with Crippen molar-refractivity contribution in [3.63, 3.8) is 0 Å². The molecule has 1 aliphatic heterocycles. The molecule has 2 amide bonds. The fourth-order valence-electron chi connectivity index (χ4n) is 3.23. The van der Waals surface area contributed by atoms with Crippen LogP contribution >= 0.6 is 23.4 Å². The molecular weight excluding hydrogens is 466 g/mol. The van der Waals surface area contributed by atoms with E-state index in [0.29, 0.717) is 39.5 Å². The van der Waals surface area contributed by atoms with Gasteiger partial charge in [-0.05, 0) is 73.3 Å². The Bertz CT molecular complexity index is 1250. The van der Waals surface area contributed by atoms with Crippen LogP contribution in [0.4, 0.5) is 4.79 Å². The second-order valence-electron chi connectivity index (χ2n) is 6.97. The van der Waals surface area contributed by atoms with Crippen LogP contribution in [0, 0.1) is 0 Å². The molecule has 168 valence electrons. The molecule has 1 fully saturated rings. The number of carbonyl (C=O) groups is 3. The predicted molar refractivity (Wildman–Crippen MR) is 125 cm³/mol. The fraction of sp³-hybridized carbons (Fsp3) is 0.130. The lowest BCUT2D eigenvalue weighted by atomic mass is 10.1. The van der Waals surface area contributed by atoms with Crippen molar-refractivity contribution in [3.8, 4) is 22.7 Å². The Morgan fingerprint density at radius 3 is 2.48 bits per heavy atom. The van der Waals surface area contributed by atoms with E-state index in [2.05, 4.69) is 5.10 Å². The standard InChI is InChI=1S/C23H18ClN3O5S/c1-2-32-18-9-3-14(4-10-18)21-15(12-27(25-21)17-7-5-16(24)6-8-17)11-19-22(30)26(13-20(28)29)23(31)33-19/h3-12H,2,13H2,1H3,(H,28,29)/b19-11-. The van der Waals surface area contributed by atoms with Crippen molar-refractivity contribution in [2.24, 2.45) is 0 Å². The van der Waals surface area contributed by atoms with Gasteiger partial charge in [0.1, 0.15) is 12.3 Å². The van der Waals surface area contributed by atoms with Crippen molar-refractivity contribution in [1.29, 1.82) is 0 Å². The second kappa shape index (κ2) is 9.51. The van der Waals surface area contributed by atoms with E-state index in [1.165, 1.54) is 0 Å². The first-order valence-corrected chi connectivity index (χ1v) is 11.1. The van der Waals surface area contributed by atoms with Crippen molar-refractivity contribution in [3.05, 3.63) is 70.2 Å². The highest BCUT2D eigenvalue weighted by Gasteiger charge is 2.36. The van der Waals surface area contributed by atoms with E-state index >= 15 is 0 Å². The van der Waals surface area contributed by atoms with E-state index in [1.54, 1.807) is 29.1 Å². The van der Waals surface area contributed by atoms with Crippen molar-refractivity contribution in [2.45, 2.75) is 6.92 Å². The Kier molecular flexibility index (Phi) is 6.52. The highest BCUT2D eigenvalue weighted by molar-refractivity contribution is 8.18. The molecule has 8 nitrogen and oxygen atoms in total. The van der Waals surface area contributed by atoms with Gasteiger partial charge in [0.15, 0.2) is 0 Å². The molecule has 33 heavy (non-hydrogen) atoms. The molecule has 3 aromatic rings. The number of carbonyl (C=O) groups excluding carboxylic acids is 2. The van der Waals surface area contributed by atoms with Crippen LogP contribution in [0.1, 0.15) is 12.5 Å². The van der Waals surface area contributed by atoms with Crippen molar-refractivity contribution in [2.75, 3.05) is 13.2 Å². The van der Waals surface area contributed by atoms with Gasteiger partial charge in [-0.15, -0.1) is 0 Å². The number of hydrogen-bond acceptors (Lipinski definition) is 6. The van der Waals surface area contributed by atoms with Crippen molar-refractivity contribution < 1.29 is 24.2 Å². The number of hydrogen-bond donors (Lipinski definition) is 1. The maximum atomic E-state index is 12.6. The summed E-state index contributed by atoms with van der Waals surface area (Å²) in [5.41, 5.74) is 2.71. The average molecular weight is 484 g/mol. The van der Waals surface area contributed by atoms with Gasteiger partial charge in [-0.1, -0.05) is 11.6 Å². The molecule has 2 heterocycles. The van der Waals surface area contributed by atoms with Crippen LogP contribution in [0.5, 0.6) is 5.75 Å². The number of nitrogens with zero attached hydrogens (tertiary/aromatic N) is 3. The molecule has 0 aliphatic carbocycles. The first-order valence-electron chi connectivity index (χ1n) is 9.91. The van der Waals surface area contributed by atoms with E-state index in [4.69, 9.17) is 21.4 Å². The molecule has 0 unspecified atom stereocenters. The molecule has 0 radical (unpaired) electrons. The zero-order valence-electron chi connectivity index (χ0n) is 17.4. The molecule has 0 saturated carbocycles. The average Bonchev–Trinajstić information content (AvgIpc) is 3.31. The summed E-state index contributed by atoms with van der Waals surface area (Å²) in [5.74, 6) is -1.19. The third-order valence-electron chi connectivity index (χ3n) is 4.73. The lowest BCUT2D eigenvalue weighted by Gasteiger charge is -2.07. The fourth-order valence-corrected chi connectivity index (χ4v) is 4.19. The first-order chi connectivity index (χ1) is 15.9. The normalized spacial score (nSPS) is 14.8. The zero-order valence-corrected chi connectivity index (χ0v) is 19.0. The quantitative estimate of drug-likeness (QED) is 0.485. The minimum absolute atomic E-state index is 0.129. The van der Waals surface area contributed by atoms with Gasteiger partial charge in [-0.3, -0.25) is 19.3 Å². The number of imide groups is 1. The lowest BCUT2D eigenvalue weighted by Crippen LogP contribution is -2.33. The Morgan fingerprint density at radius 2 is 1.85 bits per heavy atom. The maximum absolute atomic E-state index is 12.6. The molecule has 0 bridgehead atoms. The second-order valence-corrected chi connectivity index (χ2v) is 8.40. The Labute approximate surface area is 198 Å². The van der Waals surface area contributed by atoms with Gasteiger partial charge in [0.2, 0.25) is 0 Å². The van der Waals surface area contributed by atoms with E-state index < -0.39 is 23.7 Å². The number of halogens is 1. The lowest BCUT2D eigenvalue weighted by molar-refractivity contribution is -0.140. The molecule has 10 heteroatoms. The molecule has 0 atom stereocenters. The van der Waals surface area contributed by atoms with Crippen LogP contribution in [0.2, 0.25) is 5.02 Å². The third-order valence-corrected chi connectivity index (χ3v) is 5.89. The van der Waals surface area contributed by atoms with E-state index in [9.17, 15) is 14.4 Å². The van der Waals surface area contributed by atoms with Gasteiger partial charge in [0.25, 0.3) is 11.1 Å². The monoisotopic (exact) mass is 483 g/mol. The van der Waals surface area contributed by atoms with Crippen LogP contribution < -0.4 is 4.74 Å². The number of amides is 2. The molecule has 1 saturated heterocycles. The highest BCUT2D eigenvalue weighted by Crippen LogP contribution is 2.35. The molecule has 4 rings (SSSR count). The molecule has 2 aromatic carbocycles. The Hall–Kier alpha value is -3.56. The van der Waals surface area contributed by atoms with Crippen LogP contribution in [0.25, 0.3) is 23.0 Å². The number of thioether (sulfide) groups is 1. The molecule has 0 spiro atoms. The van der Waals surface area contributed by atoms with Crippen LogP contribution in [0.3, 0.4) is 0 Å². The number of ether oxygens (including phenoxy) is 1. The Balaban J connectivity index is 1.76. The summed E-state index contributed by atoms with van der Waals surface area (Å²) >= 11 is 6.69. The number of carboxylic acid groups (broad SMARTS) is 1. The van der Waals surface area contributed by atoms with E-state index in [0.717, 1.165) is 17.0 Å². The van der Waals surface area contributed by atoms with Crippen LogP contribution in [-0.2, 0) is 9.59 Å². The van der Waals surface area contributed by atoms with Gasteiger partial charge in [0.05, 0.1) is 22.9 Å². The van der Waals surface area contributed by atoms with Gasteiger partial charge in [-0.25, -0.2) is 4.68 Å². The van der Waals surface area contributed by atoms with Gasteiger partial charge < -0.3 is 9.84 Å². The summed E-state index contributed by atoms with van der Waals surface area (Å²) in [4.78, 5) is 36.6. The summed E-state index contributed by atoms with van der Waals surface area (Å²) in [6.07, 6.45) is 3.29. The van der Waals surface area contributed by atoms with Crippen molar-refractivity contribution >= 4 is 46.6 Å². The predicted octanol–water partition coefficient (Wildman–Crippen LogP) is 4.71. The Morgan fingerprint density at radius 1 is 1.15 bits per heavy atom. The largest absolute Gasteiger partial charge is 0.494 e. The van der Waals surface area contributed by atoms with E-state index in [-0.39, 0.29) is 4.91 Å². The summed E-state index contributed by atoms with van der Waals surface area (Å²) < 4.78 is 7.15. The summed E-state index contributed by atoms with van der Waals surface area (Å²) in [5, 5.41) is 13.6. The van der Waals surface area contributed by atoms with E-state index in [1.807, 2.05) is 43.3 Å². The molecular formula is C23H18ClN3O5S. The number of aliphatic carboxylic acids is 1. The minimum Gasteiger partial charge on any atom is -0.494 e. The first kappa shape index (κ1) is 22.6. The molecule has 1 aliphatic rings. The summed E-state index contributed by atoms with van der Waals surface area (Å²) in [6.45, 7) is 1.76.